The number of aromatic nitrogens is 1. The number of aliphatic hydroxyl groups is 1. The van der Waals surface area contributed by atoms with Gasteiger partial charge < -0.3 is 10.4 Å². The molecule has 2 rings (SSSR count). The van der Waals surface area contributed by atoms with Crippen molar-refractivity contribution in [2.24, 2.45) is 0 Å². The van der Waals surface area contributed by atoms with Gasteiger partial charge in [-0.05, 0) is 25.0 Å². The maximum atomic E-state index is 12.6. The monoisotopic (exact) mass is 285 g/mol. The van der Waals surface area contributed by atoms with Gasteiger partial charge in [-0.1, -0.05) is 12.8 Å². The van der Waals surface area contributed by atoms with Gasteiger partial charge in [-0.15, -0.1) is 0 Å². The van der Waals surface area contributed by atoms with Gasteiger partial charge in [0.2, 0.25) is 0 Å². The molecule has 7 heteroatoms. The van der Waals surface area contributed by atoms with Gasteiger partial charge in [0.25, 0.3) is 0 Å². The molecule has 108 valence electrons. The number of pyridine rings is 1. The van der Waals surface area contributed by atoms with Gasteiger partial charge in [-0.2, -0.15) is 18.4 Å². The lowest BCUT2D eigenvalue weighted by Crippen LogP contribution is -2.37. The standard InChI is InChI=1S/C13H14F3N3O/c14-13(15,16)11-6-5-8(7-17)12(19-11)18-9-3-1-2-4-10(9)20/h5-6,9-10,20H,1-4H2,(H,18,19). The summed E-state index contributed by atoms with van der Waals surface area (Å²) in [6.07, 6.45) is -2.18. The quantitative estimate of drug-likeness (QED) is 0.876. The summed E-state index contributed by atoms with van der Waals surface area (Å²) in [5.74, 6) is -0.117. The second-order valence-corrected chi connectivity index (χ2v) is 4.80. The van der Waals surface area contributed by atoms with Crippen LogP contribution in [0.3, 0.4) is 0 Å². The highest BCUT2D eigenvalue weighted by Crippen LogP contribution is 2.30. The molecule has 0 bridgehead atoms. The molecule has 1 aromatic heterocycles. The normalized spacial score (nSPS) is 23.1. The van der Waals surface area contributed by atoms with Crippen LogP contribution in [0, 0.1) is 11.3 Å². The Morgan fingerprint density at radius 2 is 2.00 bits per heavy atom. The van der Waals surface area contributed by atoms with Gasteiger partial charge >= 0.3 is 6.18 Å². The number of aliphatic hydroxyl groups excluding tert-OH is 1. The van der Waals surface area contributed by atoms with Crippen molar-refractivity contribution in [3.63, 3.8) is 0 Å². The lowest BCUT2D eigenvalue weighted by Gasteiger charge is -2.29. The lowest BCUT2D eigenvalue weighted by molar-refractivity contribution is -0.141. The van der Waals surface area contributed by atoms with Crippen LogP contribution in [0.2, 0.25) is 0 Å². The Labute approximate surface area is 114 Å². The first-order valence-electron chi connectivity index (χ1n) is 6.35. The van der Waals surface area contributed by atoms with E-state index in [4.69, 9.17) is 5.26 Å². The minimum atomic E-state index is -4.56. The number of nitrogens with one attached hydrogen (secondary N) is 1. The highest BCUT2D eigenvalue weighted by molar-refractivity contribution is 5.53. The number of hydrogen-bond donors (Lipinski definition) is 2. The predicted molar refractivity (Wildman–Crippen MR) is 65.8 cm³/mol. The second kappa shape index (κ2) is 5.67. The molecule has 1 aliphatic rings. The van der Waals surface area contributed by atoms with E-state index in [1.54, 1.807) is 6.07 Å². The van der Waals surface area contributed by atoms with Crippen LogP contribution in [0.1, 0.15) is 36.9 Å². The van der Waals surface area contributed by atoms with E-state index in [9.17, 15) is 18.3 Å². The SMILES string of the molecule is N#Cc1ccc(C(F)(F)F)nc1NC1CCCCC1O. The highest BCUT2D eigenvalue weighted by Gasteiger charge is 2.33. The third kappa shape index (κ3) is 3.20. The molecule has 1 aromatic rings. The minimum Gasteiger partial charge on any atom is -0.391 e. The van der Waals surface area contributed by atoms with Crippen molar-refractivity contribution >= 4 is 5.82 Å². The maximum Gasteiger partial charge on any atom is 0.433 e. The molecule has 0 saturated heterocycles. The fourth-order valence-corrected chi connectivity index (χ4v) is 2.27. The summed E-state index contributed by atoms with van der Waals surface area (Å²) in [4.78, 5) is 3.47. The molecule has 4 nitrogen and oxygen atoms in total. The first-order valence-corrected chi connectivity index (χ1v) is 6.35. The van der Waals surface area contributed by atoms with Crippen molar-refractivity contribution in [2.75, 3.05) is 5.32 Å². The Morgan fingerprint density at radius 3 is 2.60 bits per heavy atom. The fourth-order valence-electron chi connectivity index (χ4n) is 2.27. The third-order valence-electron chi connectivity index (χ3n) is 3.36. The summed E-state index contributed by atoms with van der Waals surface area (Å²) in [5, 5.41) is 21.5. The number of halogens is 3. The van der Waals surface area contributed by atoms with E-state index in [1.165, 1.54) is 0 Å². The number of rotatable bonds is 2. The molecular formula is C13H14F3N3O. The minimum absolute atomic E-state index is 0.0378. The van der Waals surface area contributed by atoms with E-state index < -0.39 is 18.0 Å². The van der Waals surface area contributed by atoms with E-state index in [0.29, 0.717) is 12.8 Å². The van der Waals surface area contributed by atoms with E-state index in [0.717, 1.165) is 25.0 Å². The van der Waals surface area contributed by atoms with Crippen molar-refractivity contribution in [3.8, 4) is 6.07 Å². The van der Waals surface area contributed by atoms with E-state index in [1.807, 2.05) is 0 Å². The zero-order valence-electron chi connectivity index (χ0n) is 10.6. The van der Waals surface area contributed by atoms with Crippen molar-refractivity contribution in [3.05, 3.63) is 23.4 Å². The molecule has 0 radical (unpaired) electrons. The van der Waals surface area contributed by atoms with Crippen LogP contribution in [0.15, 0.2) is 12.1 Å². The van der Waals surface area contributed by atoms with Crippen molar-refractivity contribution in [1.82, 2.24) is 4.98 Å². The molecule has 2 N–H and O–H groups in total. The molecule has 20 heavy (non-hydrogen) atoms. The second-order valence-electron chi connectivity index (χ2n) is 4.80. The Balaban J connectivity index is 2.27. The summed E-state index contributed by atoms with van der Waals surface area (Å²) in [6.45, 7) is 0. The average molecular weight is 285 g/mol. The summed E-state index contributed by atoms with van der Waals surface area (Å²) >= 11 is 0. The summed E-state index contributed by atoms with van der Waals surface area (Å²) in [5.41, 5.74) is -1.01. The van der Waals surface area contributed by atoms with Crippen LogP contribution >= 0.6 is 0 Å². The van der Waals surface area contributed by atoms with Crippen molar-refractivity contribution in [2.45, 2.75) is 44.0 Å². The summed E-state index contributed by atoms with van der Waals surface area (Å²) in [7, 11) is 0. The zero-order valence-corrected chi connectivity index (χ0v) is 10.6. The average Bonchev–Trinajstić information content (AvgIpc) is 2.40. The Hall–Kier alpha value is -1.81. The summed E-state index contributed by atoms with van der Waals surface area (Å²) < 4.78 is 37.9. The van der Waals surface area contributed by atoms with Gasteiger partial charge in [0.1, 0.15) is 17.6 Å². The molecule has 2 unspecified atom stereocenters. The zero-order chi connectivity index (χ0) is 14.8. The first kappa shape index (κ1) is 14.6. The van der Waals surface area contributed by atoms with Gasteiger partial charge in [0.15, 0.2) is 0 Å². The molecular weight excluding hydrogens is 271 g/mol. The van der Waals surface area contributed by atoms with Crippen molar-refractivity contribution in [1.29, 1.82) is 5.26 Å². The van der Waals surface area contributed by atoms with Crippen LogP contribution in [-0.4, -0.2) is 22.2 Å². The van der Waals surface area contributed by atoms with Gasteiger partial charge in [0, 0.05) is 0 Å². The first-order chi connectivity index (χ1) is 9.41. The largest absolute Gasteiger partial charge is 0.433 e. The smallest absolute Gasteiger partial charge is 0.391 e. The van der Waals surface area contributed by atoms with Crippen LogP contribution in [0.5, 0.6) is 0 Å². The van der Waals surface area contributed by atoms with Crippen LogP contribution in [-0.2, 0) is 6.18 Å². The summed E-state index contributed by atoms with van der Waals surface area (Å²) in [6, 6.07) is 3.31. The lowest BCUT2D eigenvalue weighted by atomic mass is 9.92. The topological polar surface area (TPSA) is 68.9 Å². The Bertz CT molecular complexity index is 525. The van der Waals surface area contributed by atoms with Gasteiger partial charge in [-0.3, -0.25) is 0 Å². The number of anilines is 1. The third-order valence-corrected chi connectivity index (χ3v) is 3.36. The predicted octanol–water partition coefficient (Wildman–Crippen LogP) is 2.69. The van der Waals surface area contributed by atoms with Crippen LogP contribution in [0.25, 0.3) is 0 Å². The Morgan fingerprint density at radius 1 is 1.30 bits per heavy atom. The van der Waals surface area contributed by atoms with Crippen LogP contribution in [0.4, 0.5) is 19.0 Å². The van der Waals surface area contributed by atoms with Crippen molar-refractivity contribution < 1.29 is 18.3 Å². The van der Waals surface area contributed by atoms with E-state index in [-0.39, 0.29) is 17.4 Å². The van der Waals surface area contributed by atoms with Crippen LogP contribution < -0.4 is 5.32 Å². The molecule has 0 aromatic carbocycles. The highest BCUT2D eigenvalue weighted by atomic mass is 19.4. The maximum absolute atomic E-state index is 12.6. The molecule has 0 amide bonds. The number of nitrogens with zero attached hydrogens (tertiary/aromatic N) is 2. The van der Waals surface area contributed by atoms with Gasteiger partial charge in [-0.25, -0.2) is 4.98 Å². The number of nitriles is 1. The molecule has 1 aliphatic carbocycles. The van der Waals surface area contributed by atoms with Gasteiger partial charge in [0.05, 0.1) is 17.7 Å². The number of alkyl halides is 3. The molecule has 1 saturated carbocycles. The number of hydrogen-bond acceptors (Lipinski definition) is 4. The van der Waals surface area contributed by atoms with E-state index in [2.05, 4.69) is 10.3 Å². The molecule has 1 fully saturated rings. The fraction of sp³-hybridized carbons (Fsp3) is 0.538. The molecule has 0 aliphatic heterocycles. The molecule has 2 atom stereocenters. The molecule has 0 spiro atoms. The Kier molecular flexibility index (Phi) is 4.14. The molecule has 1 heterocycles. The van der Waals surface area contributed by atoms with E-state index >= 15 is 0 Å².